The molecule has 3 nitrogen and oxygen atoms in total. The number of aliphatic hydroxyl groups excluding tert-OH is 1. The van der Waals surface area contributed by atoms with Crippen LogP contribution in [0.1, 0.15) is 30.0 Å². The Kier molecular flexibility index (Phi) is 6.09. The monoisotopic (exact) mass is 336 g/mol. The second-order valence-corrected chi connectivity index (χ2v) is 5.81. The largest absolute Gasteiger partial charge is 0.416 e. The second kappa shape index (κ2) is 7.64. The quantitative estimate of drug-likeness (QED) is 0.867. The number of halogens is 4. The second-order valence-electron chi connectivity index (χ2n) is 5.40. The lowest BCUT2D eigenvalue weighted by atomic mass is 9.97. The first-order chi connectivity index (χ1) is 10.4. The number of nitrogens with one attached hydrogen (secondary N) is 1. The molecule has 0 spiro atoms. The Morgan fingerprint density at radius 1 is 1.27 bits per heavy atom. The number of piperazine rings is 1. The van der Waals surface area contributed by atoms with Gasteiger partial charge in [-0.05, 0) is 36.6 Å². The Hall–Kier alpha value is -0.820. The zero-order valence-electron chi connectivity index (χ0n) is 12.2. The van der Waals surface area contributed by atoms with Gasteiger partial charge in [0, 0.05) is 43.9 Å². The van der Waals surface area contributed by atoms with E-state index in [-0.39, 0.29) is 12.6 Å². The molecule has 1 fully saturated rings. The molecule has 1 aromatic rings. The van der Waals surface area contributed by atoms with E-state index >= 15 is 0 Å². The summed E-state index contributed by atoms with van der Waals surface area (Å²) in [6, 6.07) is 3.26. The van der Waals surface area contributed by atoms with Crippen molar-refractivity contribution in [2.75, 3.05) is 32.8 Å². The zero-order valence-corrected chi connectivity index (χ0v) is 12.9. The maximum atomic E-state index is 13.0. The summed E-state index contributed by atoms with van der Waals surface area (Å²) in [5.41, 5.74) is -0.192. The molecule has 1 aliphatic heterocycles. The van der Waals surface area contributed by atoms with Gasteiger partial charge in [-0.25, -0.2) is 0 Å². The first-order valence-corrected chi connectivity index (χ1v) is 7.73. The van der Waals surface area contributed by atoms with E-state index in [4.69, 9.17) is 16.7 Å². The third-order valence-corrected chi connectivity index (χ3v) is 4.25. The maximum absolute atomic E-state index is 13.0. The van der Waals surface area contributed by atoms with Gasteiger partial charge in [-0.1, -0.05) is 11.6 Å². The summed E-state index contributed by atoms with van der Waals surface area (Å²) in [5, 5.41) is 12.6. The van der Waals surface area contributed by atoms with Gasteiger partial charge >= 0.3 is 6.18 Å². The molecule has 0 aliphatic carbocycles. The van der Waals surface area contributed by atoms with Crippen molar-refractivity contribution in [3.8, 4) is 0 Å². The average Bonchev–Trinajstić information content (AvgIpc) is 2.49. The molecule has 2 rings (SSSR count). The van der Waals surface area contributed by atoms with Crippen LogP contribution in [-0.2, 0) is 6.18 Å². The minimum Gasteiger partial charge on any atom is -0.396 e. The van der Waals surface area contributed by atoms with Crippen LogP contribution in [0, 0.1) is 0 Å². The number of hydrogen-bond donors (Lipinski definition) is 2. The zero-order chi connectivity index (χ0) is 16.2. The summed E-state index contributed by atoms with van der Waals surface area (Å²) in [4.78, 5) is 2.13. The van der Waals surface area contributed by atoms with E-state index in [0.29, 0.717) is 23.4 Å². The fourth-order valence-corrected chi connectivity index (χ4v) is 3.03. The van der Waals surface area contributed by atoms with Crippen LogP contribution >= 0.6 is 11.6 Å². The molecule has 0 bridgehead atoms. The van der Waals surface area contributed by atoms with Crippen LogP contribution in [0.15, 0.2) is 18.2 Å². The van der Waals surface area contributed by atoms with Crippen molar-refractivity contribution >= 4 is 11.6 Å². The van der Waals surface area contributed by atoms with Crippen molar-refractivity contribution in [2.24, 2.45) is 0 Å². The molecule has 0 unspecified atom stereocenters. The van der Waals surface area contributed by atoms with Gasteiger partial charge in [0.05, 0.1) is 5.56 Å². The molecule has 1 aliphatic rings. The Balaban J connectivity index is 2.32. The first kappa shape index (κ1) is 17.5. The highest BCUT2D eigenvalue weighted by atomic mass is 35.5. The van der Waals surface area contributed by atoms with E-state index in [1.165, 1.54) is 6.07 Å². The van der Waals surface area contributed by atoms with Crippen molar-refractivity contribution in [1.82, 2.24) is 10.2 Å². The molecule has 1 saturated heterocycles. The molecule has 1 aromatic carbocycles. The standard InChI is InChI=1S/C15H20ClF3N2O/c16-13-4-3-11(15(17,18)19)10-12(13)14(2-1-9-22)21-7-5-20-6-8-21/h3-4,10,14,20,22H,1-2,5-9H2/t14-/m0/s1. The minimum absolute atomic E-state index is 0.0131. The van der Waals surface area contributed by atoms with Crippen molar-refractivity contribution in [2.45, 2.75) is 25.1 Å². The highest BCUT2D eigenvalue weighted by Crippen LogP contribution is 2.37. The molecule has 1 heterocycles. The molecule has 0 aromatic heterocycles. The van der Waals surface area contributed by atoms with Crippen molar-refractivity contribution in [1.29, 1.82) is 0 Å². The van der Waals surface area contributed by atoms with E-state index in [1.807, 2.05) is 0 Å². The number of hydrogen-bond acceptors (Lipinski definition) is 3. The molecule has 1 atom stereocenters. The lowest BCUT2D eigenvalue weighted by Gasteiger charge is -2.36. The molecule has 0 radical (unpaired) electrons. The van der Waals surface area contributed by atoms with Crippen molar-refractivity contribution in [3.63, 3.8) is 0 Å². The third-order valence-electron chi connectivity index (χ3n) is 3.91. The third kappa shape index (κ3) is 4.35. The van der Waals surface area contributed by atoms with Gasteiger partial charge in [-0.15, -0.1) is 0 Å². The molecule has 0 amide bonds. The van der Waals surface area contributed by atoms with Gasteiger partial charge in [0.2, 0.25) is 0 Å². The lowest BCUT2D eigenvalue weighted by Crippen LogP contribution is -2.45. The summed E-state index contributed by atoms with van der Waals surface area (Å²) < 4.78 is 38.9. The summed E-state index contributed by atoms with van der Waals surface area (Å²) in [6.45, 7) is 3.11. The number of nitrogens with zero attached hydrogens (tertiary/aromatic N) is 1. The predicted octanol–water partition coefficient (Wildman–Crippen LogP) is 3.08. The van der Waals surface area contributed by atoms with Gasteiger partial charge in [0.25, 0.3) is 0 Å². The van der Waals surface area contributed by atoms with E-state index in [2.05, 4.69) is 10.2 Å². The van der Waals surface area contributed by atoms with E-state index in [1.54, 1.807) is 0 Å². The van der Waals surface area contributed by atoms with Crippen LogP contribution < -0.4 is 5.32 Å². The molecule has 124 valence electrons. The van der Waals surface area contributed by atoms with Crippen LogP contribution in [0.2, 0.25) is 5.02 Å². The summed E-state index contributed by atoms with van der Waals surface area (Å²) >= 11 is 6.17. The normalized spacial score (nSPS) is 18.4. The summed E-state index contributed by atoms with van der Waals surface area (Å²) in [5.74, 6) is 0. The molecule has 7 heteroatoms. The number of alkyl halides is 3. The van der Waals surface area contributed by atoms with Gasteiger partial charge in [-0.2, -0.15) is 13.2 Å². The fraction of sp³-hybridized carbons (Fsp3) is 0.600. The molecule has 0 saturated carbocycles. The Morgan fingerprint density at radius 3 is 2.55 bits per heavy atom. The smallest absolute Gasteiger partial charge is 0.396 e. The Bertz CT molecular complexity index is 490. The fourth-order valence-electron chi connectivity index (χ4n) is 2.79. The van der Waals surface area contributed by atoms with Crippen LogP contribution in [0.4, 0.5) is 13.2 Å². The van der Waals surface area contributed by atoms with Gasteiger partial charge in [0.1, 0.15) is 0 Å². The van der Waals surface area contributed by atoms with Crippen LogP contribution in [0.5, 0.6) is 0 Å². The minimum atomic E-state index is -4.38. The van der Waals surface area contributed by atoms with Crippen molar-refractivity contribution < 1.29 is 18.3 Å². The maximum Gasteiger partial charge on any atom is 0.416 e. The van der Waals surface area contributed by atoms with Crippen LogP contribution in [0.25, 0.3) is 0 Å². The van der Waals surface area contributed by atoms with Gasteiger partial charge < -0.3 is 10.4 Å². The highest BCUT2D eigenvalue weighted by Gasteiger charge is 2.32. The van der Waals surface area contributed by atoms with E-state index in [9.17, 15) is 13.2 Å². The molecular weight excluding hydrogens is 317 g/mol. The summed E-state index contributed by atoms with van der Waals surface area (Å²) in [7, 11) is 0. The number of rotatable bonds is 5. The van der Waals surface area contributed by atoms with Crippen LogP contribution in [-0.4, -0.2) is 42.8 Å². The summed E-state index contributed by atoms with van der Waals surface area (Å²) in [6.07, 6.45) is -3.27. The SMILES string of the molecule is OCCC[C@@H](c1cc(C(F)(F)F)ccc1Cl)N1CCNCC1. The van der Waals surface area contributed by atoms with Gasteiger partial charge in [-0.3, -0.25) is 4.90 Å². The lowest BCUT2D eigenvalue weighted by molar-refractivity contribution is -0.137. The molecular formula is C15H20ClF3N2O. The topological polar surface area (TPSA) is 35.5 Å². The van der Waals surface area contributed by atoms with E-state index in [0.717, 1.165) is 38.3 Å². The molecule has 22 heavy (non-hydrogen) atoms. The first-order valence-electron chi connectivity index (χ1n) is 7.35. The Labute approximate surface area is 133 Å². The average molecular weight is 337 g/mol. The van der Waals surface area contributed by atoms with Gasteiger partial charge in [0.15, 0.2) is 0 Å². The predicted molar refractivity (Wildman–Crippen MR) is 80.0 cm³/mol. The van der Waals surface area contributed by atoms with E-state index < -0.39 is 11.7 Å². The van der Waals surface area contributed by atoms with Crippen molar-refractivity contribution in [3.05, 3.63) is 34.3 Å². The highest BCUT2D eigenvalue weighted by molar-refractivity contribution is 6.31. The number of benzene rings is 1. The molecule has 2 N–H and O–H groups in total. The number of aliphatic hydroxyl groups is 1. The Morgan fingerprint density at radius 2 is 1.95 bits per heavy atom. The van der Waals surface area contributed by atoms with Crippen LogP contribution in [0.3, 0.4) is 0 Å².